The van der Waals surface area contributed by atoms with Gasteiger partial charge in [0.05, 0.1) is 16.6 Å². The first-order valence-electron chi connectivity index (χ1n) is 6.28. The first kappa shape index (κ1) is 15.0. The number of aryl methyl sites for hydroxylation is 1. The molecule has 0 aromatic heterocycles. The van der Waals surface area contributed by atoms with Gasteiger partial charge in [0.25, 0.3) is 5.91 Å². The van der Waals surface area contributed by atoms with E-state index in [1.807, 2.05) is 0 Å². The quantitative estimate of drug-likeness (QED) is 0.880. The van der Waals surface area contributed by atoms with Crippen LogP contribution < -0.4 is 5.14 Å². The van der Waals surface area contributed by atoms with Crippen LogP contribution in [0.15, 0.2) is 23.1 Å². The predicted molar refractivity (Wildman–Crippen MR) is 73.9 cm³/mol. The summed E-state index contributed by atoms with van der Waals surface area (Å²) in [5.41, 5.74) is 0.937. The molecular formula is C13H18N2O4S. The van der Waals surface area contributed by atoms with E-state index >= 15 is 0 Å². The van der Waals surface area contributed by atoms with Gasteiger partial charge in [-0.25, -0.2) is 13.6 Å². The Hall–Kier alpha value is -1.44. The minimum absolute atomic E-state index is 0.00157. The summed E-state index contributed by atoms with van der Waals surface area (Å²) in [5.74, 6) is -0.322. The number of carbonyl (C=O) groups excluding carboxylic acids is 1. The summed E-state index contributed by atoms with van der Waals surface area (Å²) in [6, 6.07) is 4.56. The summed E-state index contributed by atoms with van der Waals surface area (Å²) in [4.78, 5) is 13.9. The number of ether oxygens (including phenoxy) is 1. The van der Waals surface area contributed by atoms with E-state index in [-0.39, 0.29) is 22.5 Å². The lowest BCUT2D eigenvalue weighted by Gasteiger charge is -2.18. The largest absolute Gasteiger partial charge is 0.380 e. The summed E-state index contributed by atoms with van der Waals surface area (Å²) in [7, 11) is -2.32. The molecule has 0 spiro atoms. The molecule has 2 N–H and O–H groups in total. The Balaban J connectivity index is 2.37. The van der Waals surface area contributed by atoms with E-state index in [2.05, 4.69) is 0 Å². The van der Waals surface area contributed by atoms with Crippen molar-refractivity contribution < 1.29 is 17.9 Å². The number of methoxy groups -OCH3 is 1. The van der Waals surface area contributed by atoms with Gasteiger partial charge in [-0.3, -0.25) is 4.79 Å². The molecule has 110 valence electrons. The van der Waals surface area contributed by atoms with Crippen molar-refractivity contribution in [1.29, 1.82) is 0 Å². The molecule has 1 aromatic carbocycles. The highest BCUT2D eigenvalue weighted by Gasteiger charge is 2.29. The van der Waals surface area contributed by atoms with Gasteiger partial charge in [-0.05, 0) is 25.5 Å². The van der Waals surface area contributed by atoms with Gasteiger partial charge in [0, 0.05) is 20.2 Å². The third kappa shape index (κ3) is 3.00. The maximum absolute atomic E-state index is 12.5. The Labute approximate surface area is 118 Å². The molecule has 0 aliphatic carbocycles. The maximum Gasteiger partial charge on any atom is 0.255 e. The average molecular weight is 298 g/mol. The van der Waals surface area contributed by atoms with Crippen molar-refractivity contribution in [2.24, 2.45) is 5.14 Å². The van der Waals surface area contributed by atoms with E-state index in [1.54, 1.807) is 31.1 Å². The van der Waals surface area contributed by atoms with Crippen molar-refractivity contribution in [3.8, 4) is 0 Å². The summed E-state index contributed by atoms with van der Waals surface area (Å²) >= 11 is 0. The summed E-state index contributed by atoms with van der Waals surface area (Å²) in [6.45, 7) is 2.81. The highest BCUT2D eigenvalue weighted by Crippen LogP contribution is 2.21. The molecule has 0 saturated carbocycles. The van der Waals surface area contributed by atoms with Gasteiger partial charge < -0.3 is 9.64 Å². The van der Waals surface area contributed by atoms with Crippen LogP contribution in [0.3, 0.4) is 0 Å². The number of primary sulfonamides is 1. The molecule has 1 aliphatic rings. The minimum atomic E-state index is -3.92. The minimum Gasteiger partial charge on any atom is -0.380 e. The normalized spacial score (nSPS) is 19.4. The smallest absolute Gasteiger partial charge is 0.255 e. The first-order valence-corrected chi connectivity index (χ1v) is 7.83. The van der Waals surface area contributed by atoms with Gasteiger partial charge in [-0.2, -0.15) is 0 Å². The van der Waals surface area contributed by atoms with E-state index in [0.29, 0.717) is 13.1 Å². The molecule has 1 saturated heterocycles. The number of nitrogens with zero attached hydrogens (tertiary/aromatic N) is 1. The van der Waals surface area contributed by atoms with Gasteiger partial charge in [0.15, 0.2) is 0 Å². The second-order valence-electron chi connectivity index (χ2n) is 4.94. The van der Waals surface area contributed by atoms with E-state index in [0.717, 1.165) is 12.0 Å². The van der Waals surface area contributed by atoms with Crippen LogP contribution in [-0.4, -0.2) is 45.5 Å². The van der Waals surface area contributed by atoms with Crippen LogP contribution in [0.5, 0.6) is 0 Å². The monoisotopic (exact) mass is 298 g/mol. The van der Waals surface area contributed by atoms with Crippen molar-refractivity contribution in [2.45, 2.75) is 24.3 Å². The van der Waals surface area contributed by atoms with Crippen LogP contribution in [0.1, 0.15) is 22.3 Å². The number of rotatable bonds is 3. The Morgan fingerprint density at radius 1 is 1.45 bits per heavy atom. The fourth-order valence-corrected chi connectivity index (χ4v) is 3.04. The Bertz CT molecular complexity index is 627. The van der Waals surface area contributed by atoms with Crippen molar-refractivity contribution in [3.63, 3.8) is 0 Å². The molecule has 20 heavy (non-hydrogen) atoms. The summed E-state index contributed by atoms with van der Waals surface area (Å²) < 4.78 is 28.4. The van der Waals surface area contributed by atoms with Crippen molar-refractivity contribution >= 4 is 15.9 Å². The van der Waals surface area contributed by atoms with E-state index in [1.165, 1.54) is 6.07 Å². The third-order valence-electron chi connectivity index (χ3n) is 3.44. The number of sulfonamides is 1. The Morgan fingerprint density at radius 3 is 2.70 bits per heavy atom. The molecule has 0 radical (unpaired) electrons. The fraction of sp³-hybridized carbons (Fsp3) is 0.462. The summed E-state index contributed by atoms with van der Waals surface area (Å²) in [5, 5.41) is 5.17. The molecule has 1 amide bonds. The molecule has 1 atom stereocenters. The van der Waals surface area contributed by atoms with Gasteiger partial charge >= 0.3 is 0 Å². The fourth-order valence-electron chi connectivity index (χ4n) is 2.33. The lowest BCUT2D eigenvalue weighted by atomic mass is 10.1. The zero-order chi connectivity index (χ0) is 14.9. The zero-order valence-corrected chi connectivity index (χ0v) is 12.3. The average Bonchev–Trinajstić information content (AvgIpc) is 2.85. The van der Waals surface area contributed by atoms with E-state index in [4.69, 9.17) is 9.88 Å². The van der Waals surface area contributed by atoms with Crippen LogP contribution in [-0.2, 0) is 14.8 Å². The number of benzene rings is 1. The number of likely N-dealkylation sites (tertiary alicyclic amines) is 1. The summed E-state index contributed by atoms with van der Waals surface area (Å²) in [6.07, 6.45) is 0.750. The van der Waals surface area contributed by atoms with Crippen molar-refractivity contribution in [2.75, 3.05) is 20.2 Å². The van der Waals surface area contributed by atoms with Gasteiger partial charge in [0.2, 0.25) is 10.0 Å². The molecule has 1 aromatic rings. The second-order valence-corrected chi connectivity index (χ2v) is 6.47. The lowest BCUT2D eigenvalue weighted by molar-refractivity contribution is 0.0720. The Kier molecular flexibility index (Phi) is 4.12. The number of nitrogens with two attached hydrogens (primary N) is 1. The maximum atomic E-state index is 12.5. The van der Waals surface area contributed by atoms with Gasteiger partial charge in [-0.15, -0.1) is 0 Å². The lowest BCUT2D eigenvalue weighted by Crippen LogP contribution is -2.31. The molecule has 1 heterocycles. The van der Waals surface area contributed by atoms with Crippen LogP contribution in [0, 0.1) is 6.92 Å². The Morgan fingerprint density at radius 2 is 2.15 bits per heavy atom. The van der Waals surface area contributed by atoms with Crippen LogP contribution in [0.4, 0.5) is 0 Å². The number of amides is 1. The first-order chi connectivity index (χ1) is 9.32. The van der Waals surface area contributed by atoms with Crippen molar-refractivity contribution in [3.05, 3.63) is 29.3 Å². The SMILES string of the molecule is COC1CCN(C(=O)c2cc(C)ccc2S(N)(=O)=O)C1. The standard InChI is InChI=1S/C13H18N2O4S/c1-9-3-4-12(20(14,17)18)11(7-9)13(16)15-6-5-10(8-15)19-2/h3-4,7,10H,5-6,8H2,1-2H3,(H2,14,17,18). The molecule has 1 unspecified atom stereocenters. The van der Waals surface area contributed by atoms with Crippen LogP contribution in [0.25, 0.3) is 0 Å². The molecule has 1 fully saturated rings. The molecule has 1 aliphatic heterocycles. The van der Waals surface area contributed by atoms with Gasteiger partial charge in [0.1, 0.15) is 0 Å². The van der Waals surface area contributed by atoms with Gasteiger partial charge in [-0.1, -0.05) is 11.6 Å². The van der Waals surface area contributed by atoms with E-state index in [9.17, 15) is 13.2 Å². The second kappa shape index (κ2) is 5.51. The van der Waals surface area contributed by atoms with Crippen LogP contribution >= 0.6 is 0 Å². The van der Waals surface area contributed by atoms with Crippen LogP contribution in [0.2, 0.25) is 0 Å². The molecule has 2 rings (SSSR count). The number of hydrogen-bond acceptors (Lipinski definition) is 4. The highest BCUT2D eigenvalue weighted by molar-refractivity contribution is 7.89. The number of carbonyl (C=O) groups is 1. The third-order valence-corrected chi connectivity index (χ3v) is 4.41. The van der Waals surface area contributed by atoms with Crippen molar-refractivity contribution in [1.82, 2.24) is 4.90 Å². The zero-order valence-electron chi connectivity index (χ0n) is 11.5. The molecular weight excluding hydrogens is 280 g/mol. The molecule has 7 heteroatoms. The molecule has 0 bridgehead atoms. The number of hydrogen-bond donors (Lipinski definition) is 1. The highest BCUT2D eigenvalue weighted by atomic mass is 32.2. The topological polar surface area (TPSA) is 89.7 Å². The molecule has 6 nitrogen and oxygen atoms in total. The predicted octanol–water partition coefficient (Wildman–Crippen LogP) is 0.503. The van der Waals surface area contributed by atoms with E-state index < -0.39 is 10.0 Å².